The summed E-state index contributed by atoms with van der Waals surface area (Å²) in [4.78, 5) is 16.7. The summed E-state index contributed by atoms with van der Waals surface area (Å²) >= 11 is 0. The molecule has 0 fully saturated rings. The lowest BCUT2D eigenvalue weighted by Gasteiger charge is -2.09. The maximum Gasteiger partial charge on any atom is 0.253 e. The van der Waals surface area contributed by atoms with Gasteiger partial charge in [-0.3, -0.25) is 4.79 Å². The number of carbonyl (C=O) groups is 1. The Balaban J connectivity index is 1.76. The number of nitrogens with zero attached hydrogens (tertiary/aromatic N) is 3. The summed E-state index contributed by atoms with van der Waals surface area (Å²) in [6.07, 6.45) is 0. The summed E-state index contributed by atoms with van der Waals surface area (Å²) in [5.74, 6) is -1.01. The summed E-state index contributed by atoms with van der Waals surface area (Å²) < 4.78 is 0. The molecule has 6 heteroatoms. The molecule has 3 N–H and O–H groups in total. The molecule has 4 aromatic carbocycles. The van der Waals surface area contributed by atoms with E-state index in [1.807, 2.05) is 60.7 Å². The van der Waals surface area contributed by atoms with Gasteiger partial charge in [-0.2, -0.15) is 0 Å². The minimum absolute atomic E-state index is 0.0338. The lowest BCUT2D eigenvalue weighted by atomic mass is 10.0. The molecule has 0 unspecified atom stereocenters. The maximum atomic E-state index is 12.0. The Labute approximate surface area is 171 Å². The van der Waals surface area contributed by atoms with Crippen LogP contribution in [0.25, 0.3) is 32.6 Å². The molecule has 0 atom stereocenters. The van der Waals surface area contributed by atoms with Crippen molar-refractivity contribution in [3.05, 3.63) is 84.4 Å². The van der Waals surface area contributed by atoms with Crippen LogP contribution in [-0.4, -0.2) is 16.0 Å². The lowest BCUT2D eigenvalue weighted by molar-refractivity contribution is 0.0999. The van der Waals surface area contributed by atoms with Crippen LogP contribution in [-0.2, 0) is 0 Å². The molecule has 1 amide bonds. The van der Waals surface area contributed by atoms with Gasteiger partial charge in [-0.1, -0.05) is 60.7 Å². The SMILES string of the molecule is NC(=O)c1c(O)c(/N=N/c2c3ccccc3nc3ccccc23)cc2ccccc12. The number of fused-ring (bicyclic) bond motifs is 3. The first-order valence-electron chi connectivity index (χ1n) is 9.37. The van der Waals surface area contributed by atoms with Gasteiger partial charge >= 0.3 is 0 Å². The van der Waals surface area contributed by atoms with Crippen molar-refractivity contribution in [2.24, 2.45) is 16.0 Å². The number of aromatic nitrogens is 1. The van der Waals surface area contributed by atoms with Crippen LogP contribution in [0.4, 0.5) is 11.4 Å². The van der Waals surface area contributed by atoms with Gasteiger partial charge in [-0.15, -0.1) is 10.2 Å². The second-order valence-corrected chi connectivity index (χ2v) is 6.90. The van der Waals surface area contributed by atoms with Crippen LogP contribution in [0.1, 0.15) is 10.4 Å². The fraction of sp³-hybridized carbons (Fsp3) is 0. The molecule has 1 aromatic heterocycles. The van der Waals surface area contributed by atoms with Gasteiger partial charge in [-0.25, -0.2) is 4.98 Å². The first-order valence-corrected chi connectivity index (χ1v) is 9.37. The van der Waals surface area contributed by atoms with Gasteiger partial charge < -0.3 is 10.8 Å². The van der Waals surface area contributed by atoms with E-state index in [2.05, 4.69) is 15.2 Å². The number of pyridine rings is 1. The van der Waals surface area contributed by atoms with E-state index in [0.29, 0.717) is 11.1 Å². The highest BCUT2D eigenvalue weighted by Crippen LogP contribution is 2.39. The van der Waals surface area contributed by atoms with Crippen molar-refractivity contribution in [2.75, 3.05) is 0 Å². The van der Waals surface area contributed by atoms with Gasteiger partial charge in [0.25, 0.3) is 5.91 Å². The number of aromatic hydroxyl groups is 1. The molecule has 0 saturated heterocycles. The molecule has 144 valence electrons. The van der Waals surface area contributed by atoms with Gasteiger partial charge in [-0.05, 0) is 29.0 Å². The number of primary amides is 1. The molecular formula is C24H16N4O2. The second kappa shape index (κ2) is 6.93. The zero-order valence-corrected chi connectivity index (χ0v) is 15.8. The number of hydrogen-bond acceptors (Lipinski definition) is 5. The van der Waals surface area contributed by atoms with Crippen LogP contribution in [0.15, 0.2) is 89.1 Å². The van der Waals surface area contributed by atoms with E-state index >= 15 is 0 Å². The van der Waals surface area contributed by atoms with E-state index in [4.69, 9.17) is 5.73 Å². The third-order valence-corrected chi connectivity index (χ3v) is 5.07. The quantitative estimate of drug-likeness (QED) is 0.301. The van der Waals surface area contributed by atoms with Crippen molar-refractivity contribution < 1.29 is 9.90 Å². The Bertz CT molecular complexity index is 1440. The molecule has 0 spiro atoms. The number of phenols is 1. The van der Waals surface area contributed by atoms with Crippen molar-refractivity contribution in [3.8, 4) is 5.75 Å². The Morgan fingerprint density at radius 3 is 2.00 bits per heavy atom. The fourth-order valence-corrected chi connectivity index (χ4v) is 3.68. The summed E-state index contributed by atoms with van der Waals surface area (Å²) in [6.45, 7) is 0. The van der Waals surface area contributed by atoms with Crippen LogP contribution >= 0.6 is 0 Å². The molecule has 30 heavy (non-hydrogen) atoms. The minimum Gasteiger partial charge on any atom is -0.505 e. The third-order valence-electron chi connectivity index (χ3n) is 5.07. The van der Waals surface area contributed by atoms with E-state index in [0.717, 1.165) is 27.2 Å². The highest BCUT2D eigenvalue weighted by atomic mass is 16.3. The Kier molecular flexibility index (Phi) is 4.10. The van der Waals surface area contributed by atoms with Gasteiger partial charge in [0.15, 0.2) is 5.75 Å². The maximum absolute atomic E-state index is 12.0. The third kappa shape index (κ3) is 2.82. The van der Waals surface area contributed by atoms with Crippen molar-refractivity contribution in [2.45, 2.75) is 0 Å². The van der Waals surface area contributed by atoms with E-state index in [1.54, 1.807) is 18.2 Å². The van der Waals surface area contributed by atoms with E-state index in [-0.39, 0.29) is 17.0 Å². The van der Waals surface area contributed by atoms with Gasteiger partial charge in [0, 0.05) is 10.8 Å². The summed E-state index contributed by atoms with van der Waals surface area (Å²) in [7, 11) is 0. The fourth-order valence-electron chi connectivity index (χ4n) is 3.68. The predicted molar refractivity (Wildman–Crippen MR) is 118 cm³/mol. The molecule has 5 rings (SSSR count). The molecule has 5 aromatic rings. The van der Waals surface area contributed by atoms with E-state index in [9.17, 15) is 9.90 Å². The van der Waals surface area contributed by atoms with Gasteiger partial charge in [0.2, 0.25) is 0 Å². The monoisotopic (exact) mass is 392 g/mol. The van der Waals surface area contributed by atoms with Gasteiger partial charge in [0.1, 0.15) is 11.4 Å². The van der Waals surface area contributed by atoms with Crippen LogP contribution in [0.3, 0.4) is 0 Å². The lowest BCUT2D eigenvalue weighted by Crippen LogP contribution is -2.11. The summed E-state index contributed by atoms with van der Waals surface area (Å²) in [5.41, 5.74) is 7.97. The van der Waals surface area contributed by atoms with Crippen molar-refractivity contribution in [3.63, 3.8) is 0 Å². The van der Waals surface area contributed by atoms with Crippen molar-refractivity contribution in [1.29, 1.82) is 0 Å². The number of carbonyl (C=O) groups excluding carboxylic acids is 1. The van der Waals surface area contributed by atoms with Crippen molar-refractivity contribution >= 4 is 49.9 Å². The summed E-state index contributed by atoms with van der Waals surface area (Å²) in [6, 6.07) is 24.2. The molecule has 6 nitrogen and oxygen atoms in total. The van der Waals surface area contributed by atoms with E-state index < -0.39 is 5.91 Å². The predicted octanol–water partition coefficient (Wildman–Crippen LogP) is 5.76. The first kappa shape index (κ1) is 17.8. The zero-order chi connectivity index (χ0) is 20.7. The number of amides is 1. The zero-order valence-electron chi connectivity index (χ0n) is 15.8. The number of rotatable bonds is 3. The first-order chi connectivity index (χ1) is 14.6. The van der Waals surface area contributed by atoms with Crippen molar-refractivity contribution in [1.82, 2.24) is 4.98 Å². The number of para-hydroxylation sites is 2. The van der Waals surface area contributed by atoms with Crippen LogP contribution < -0.4 is 5.73 Å². The molecule has 0 saturated carbocycles. The average Bonchev–Trinajstić information content (AvgIpc) is 2.76. The minimum atomic E-state index is -0.722. The molecule has 0 aliphatic heterocycles. The second-order valence-electron chi connectivity index (χ2n) is 6.90. The van der Waals surface area contributed by atoms with Crippen LogP contribution in [0.2, 0.25) is 0 Å². The van der Waals surface area contributed by atoms with E-state index in [1.165, 1.54) is 0 Å². The Hall–Kier alpha value is -4.32. The molecule has 0 aliphatic rings. The Morgan fingerprint density at radius 1 is 0.800 bits per heavy atom. The number of benzene rings is 4. The average molecular weight is 392 g/mol. The van der Waals surface area contributed by atoms with Crippen LogP contribution in [0, 0.1) is 0 Å². The number of hydrogen-bond donors (Lipinski definition) is 2. The smallest absolute Gasteiger partial charge is 0.253 e. The van der Waals surface area contributed by atoms with Crippen LogP contribution in [0.5, 0.6) is 5.75 Å². The highest BCUT2D eigenvalue weighted by Gasteiger charge is 2.17. The largest absolute Gasteiger partial charge is 0.505 e. The molecule has 0 aliphatic carbocycles. The van der Waals surface area contributed by atoms with Gasteiger partial charge in [0.05, 0.1) is 16.6 Å². The topological polar surface area (TPSA) is 101 Å². The molecule has 0 bridgehead atoms. The Morgan fingerprint density at radius 2 is 1.37 bits per heavy atom. The molecular weight excluding hydrogens is 376 g/mol. The molecule has 0 radical (unpaired) electrons. The normalized spacial score (nSPS) is 11.6. The highest BCUT2D eigenvalue weighted by molar-refractivity contribution is 6.11. The number of nitrogens with two attached hydrogens (primary N) is 1. The summed E-state index contributed by atoms with van der Waals surface area (Å²) in [5, 5.41) is 22.5. The molecule has 1 heterocycles. The standard InChI is InChI=1S/C24H16N4O2/c25-24(30)21-15-8-2-1-7-14(15)13-20(23(21)29)27-28-22-16-9-3-5-11-18(16)26-19-12-6-4-10-17(19)22/h1-13,29H,(H2,25,30)/b28-27+. The number of azo groups is 1.